The number of ether oxygens (including phenoxy) is 1. The molecule has 3 aromatic rings. The van der Waals surface area contributed by atoms with Crippen molar-refractivity contribution in [1.82, 2.24) is 0 Å². The molecule has 5 heteroatoms. The molecule has 0 saturated carbocycles. The monoisotopic (exact) mass is 344 g/mol. The third-order valence-corrected chi connectivity index (χ3v) is 5.05. The topological polar surface area (TPSA) is 74.4 Å². The predicted molar refractivity (Wildman–Crippen MR) is 98.1 cm³/mol. The average Bonchev–Trinajstić information content (AvgIpc) is 2.92. The van der Waals surface area contributed by atoms with Gasteiger partial charge < -0.3 is 14.9 Å². The second kappa shape index (κ2) is 5.33. The highest BCUT2D eigenvalue weighted by Crippen LogP contribution is 2.35. The third-order valence-electron chi connectivity index (χ3n) is 5.05. The van der Waals surface area contributed by atoms with Crippen LogP contribution in [0.15, 0.2) is 52.4 Å². The Bertz CT molecular complexity index is 1340. The zero-order valence-corrected chi connectivity index (χ0v) is 14.2. The van der Waals surface area contributed by atoms with Gasteiger partial charge in [0.15, 0.2) is 0 Å². The highest BCUT2D eigenvalue weighted by Gasteiger charge is 2.23. The SMILES string of the molecule is COc1cccc2c(O)c3c(c(O)c12)=C1N=c2ccccc2=C1CCN=3. The minimum atomic E-state index is 0.0416. The van der Waals surface area contributed by atoms with E-state index in [0.717, 1.165) is 16.1 Å². The number of benzene rings is 3. The summed E-state index contributed by atoms with van der Waals surface area (Å²) in [5.74, 6) is 0.589. The number of hydrogen-bond donors (Lipinski definition) is 2. The van der Waals surface area contributed by atoms with E-state index in [1.165, 1.54) is 0 Å². The highest BCUT2D eigenvalue weighted by atomic mass is 16.5. The molecule has 2 aliphatic heterocycles. The van der Waals surface area contributed by atoms with Crippen LogP contribution in [0, 0.1) is 0 Å². The molecule has 2 heterocycles. The predicted octanol–water partition coefficient (Wildman–Crippen LogP) is 0.875. The minimum Gasteiger partial charge on any atom is -0.506 e. The Morgan fingerprint density at radius 3 is 2.69 bits per heavy atom. The van der Waals surface area contributed by atoms with Crippen molar-refractivity contribution < 1.29 is 14.9 Å². The fraction of sp³-hybridized carbons (Fsp3) is 0.143. The van der Waals surface area contributed by atoms with Crippen molar-refractivity contribution in [2.45, 2.75) is 6.42 Å². The first-order valence-corrected chi connectivity index (χ1v) is 8.47. The third kappa shape index (κ3) is 1.85. The minimum absolute atomic E-state index is 0.0416. The Kier molecular flexibility index (Phi) is 3.06. The molecule has 26 heavy (non-hydrogen) atoms. The van der Waals surface area contributed by atoms with Crippen LogP contribution in [0.2, 0.25) is 0 Å². The van der Waals surface area contributed by atoms with E-state index < -0.39 is 0 Å². The van der Waals surface area contributed by atoms with Gasteiger partial charge in [0.1, 0.15) is 22.6 Å². The van der Waals surface area contributed by atoms with Crippen molar-refractivity contribution in [3.63, 3.8) is 0 Å². The van der Waals surface area contributed by atoms with Gasteiger partial charge in [-0.15, -0.1) is 0 Å². The molecule has 0 aromatic heterocycles. The molecule has 2 N–H and O–H groups in total. The largest absolute Gasteiger partial charge is 0.506 e. The van der Waals surface area contributed by atoms with Crippen LogP contribution in [0.3, 0.4) is 0 Å². The Morgan fingerprint density at radius 1 is 1.00 bits per heavy atom. The summed E-state index contributed by atoms with van der Waals surface area (Å²) in [7, 11) is 1.54. The maximum absolute atomic E-state index is 11.1. The van der Waals surface area contributed by atoms with Crippen molar-refractivity contribution in [2.75, 3.05) is 13.7 Å². The Morgan fingerprint density at radius 2 is 1.85 bits per heavy atom. The fourth-order valence-electron chi connectivity index (χ4n) is 3.89. The zero-order chi connectivity index (χ0) is 17.8. The Hall–Kier alpha value is -3.34. The summed E-state index contributed by atoms with van der Waals surface area (Å²) in [5, 5.41) is 25.8. The molecule has 0 atom stereocenters. The first-order chi connectivity index (χ1) is 12.7. The lowest BCUT2D eigenvalue weighted by Crippen LogP contribution is -2.28. The van der Waals surface area contributed by atoms with E-state index in [1.54, 1.807) is 25.3 Å². The number of nitrogens with zero attached hydrogens (tertiary/aromatic N) is 2. The zero-order valence-electron chi connectivity index (χ0n) is 14.2. The summed E-state index contributed by atoms with van der Waals surface area (Å²) in [4.78, 5) is 9.30. The van der Waals surface area contributed by atoms with E-state index >= 15 is 0 Å². The Balaban J connectivity index is 2.10. The summed E-state index contributed by atoms with van der Waals surface area (Å²) in [5.41, 5.74) is 1.73. The molecule has 5 nitrogen and oxygen atoms in total. The fourth-order valence-corrected chi connectivity index (χ4v) is 3.89. The van der Waals surface area contributed by atoms with E-state index in [1.807, 2.05) is 24.3 Å². The van der Waals surface area contributed by atoms with Gasteiger partial charge in [-0.1, -0.05) is 30.3 Å². The standard InChI is InChI=1S/C21H16N2O3/c1-26-15-8-4-6-13-16(15)21(25)17-18-12(9-10-22-19(17)20(13)24)11-5-2-3-7-14(11)23-18/h2-8,24-25H,9-10H2,1H3. The number of methoxy groups -OCH3 is 1. The van der Waals surface area contributed by atoms with Gasteiger partial charge >= 0.3 is 0 Å². The molecule has 0 spiro atoms. The first kappa shape index (κ1) is 15.0. The summed E-state index contributed by atoms with van der Waals surface area (Å²) < 4.78 is 5.41. The van der Waals surface area contributed by atoms with Gasteiger partial charge in [-0.3, -0.25) is 4.99 Å². The molecule has 0 unspecified atom stereocenters. The van der Waals surface area contributed by atoms with Crippen LogP contribution in [0.25, 0.3) is 22.0 Å². The molecule has 0 aliphatic carbocycles. The average molecular weight is 344 g/mol. The van der Waals surface area contributed by atoms with Crippen LogP contribution < -0.4 is 25.9 Å². The summed E-state index contributed by atoms with van der Waals surface area (Å²) >= 11 is 0. The van der Waals surface area contributed by atoms with Crippen molar-refractivity contribution in [3.8, 4) is 17.2 Å². The molecule has 128 valence electrons. The smallest absolute Gasteiger partial charge is 0.149 e. The van der Waals surface area contributed by atoms with Gasteiger partial charge in [0.25, 0.3) is 0 Å². The highest BCUT2D eigenvalue weighted by molar-refractivity contribution is 6.00. The van der Waals surface area contributed by atoms with Crippen LogP contribution in [0.4, 0.5) is 0 Å². The molecule has 0 amide bonds. The summed E-state index contributed by atoms with van der Waals surface area (Å²) in [6.45, 7) is 0.526. The molecular formula is C21H16N2O3. The molecule has 0 fully saturated rings. The lowest BCUT2D eigenvalue weighted by atomic mass is 10.0. The van der Waals surface area contributed by atoms with E-state index in [0.29, 0.717) is 45.8 Å². The van der Waals surface area contributed by atoms with Gasteiger partial charge in [-0.2, -0.15) is 0 Å². The molecule has 5 rings (SSSR count). The number of fused-ring (bicyclic) bond motifs is 4. The van der Waals surface area contributed by atoms with Gasteiger partial charge in [-0.05, 0) is 24.1 Å². The van der Waals surface area contributed by atoms with Gasteiger partial charge in [0.2, 0.25) is 0 Å². The van der Waals surface area contributed by atoms with Crippen molar-refractivity contribution in [1.29, 1.82) is 0 Å². The van der Waals surface area contributed by atoms with Crippen LogP contribution in [-0.2, 0) is 0 Å². The Labute approximate surface area is 148 Å². The number of hydrogen-bond acceptors (Lipinski definition) is 5. The van der Waals surface area contributed by atoms with Gasteiger partial charge in [0.05, 0.1) is 28.8 Å². The first-order valence-electron chi connectivity index (χ1n) is 8.47. The van der Waals surface area contributed by atoms with Crippen LogP contribution in [0.5, 0.6) is 17.2 Å². The molecular weight excluding hydrogens is 328 g/mol. The number of para-hydroxylation sites is 1. The normalized spacial score (nSPS) is 14.8. The van der Waals surface area contributed by atoms with Crippen molar-refractivity contribution in [2.24, 2.45) is 9.98 Å². The lowest BCUT2D eigenvalue weighted by molar-refractivity contribution is 0.414. The van der Waals surface area contributed by atoms with Crippen LogP contribution in [0.1, 0.15) is 6.42 Å². The van der Waals surface area contributed by atoms with Crippen molar-refractivity contribution >= 4 is 22.0 Å². The lowest BCUT2D eigenvalue weighted by Gasteiger charge is -2.10. The second-order valence-electron chi connectivity index (χ2n) is 6.39. The molecule has 0 radical (unpaired) electrons. The van der Waals surface area contributed by atoms with Crippen molar-refractivity contribution in [3.05, 3.63) is 63.6 Å². The van der Waals surface area contributed by atoms with E-state index in [4.69, 9.17) is 9.73 Å². The summed E-state index contributed by atoms with van der Waals surface area (Å²) in [6.07, 6.45) is 0.705. The van der Waals surface area contributed by atoms with Crippen LogP contribution in [-0.4, -0.2) is 23.9 Å². The second-order valence-corrected chi connectivity index (χ2v) is 6.39. The molecule has 0 saturated heterocycles. The van der Waals surface area contributed by atoms with Gasteiger partial charge in [0, 0.05) is 17.1 Å². The maximum atomic E-state index is 11.1. The van der Waals surface area contributed by atoms with E-state index in [9.17, 15) is 10.2 Å². The number of phenols is 2. The number of phenolic OH excluding ortho intramolecular Hbond substituents is 2. The number of rotatable bonds is 1. The van der Waals surface area contributed by atoms with E-state index in [2.05, 4.69) is 4.99 Å². The quantitative estimate of drug-likeness (QED) is 0.644. The molecule has 3 aromatic carbocycles. The van der Waals surface area contributed by atoms with Crippen LogP contribution >= 0.6 is 0 Å². The molecule has 2 aliphatic rings. The summed E-state index contributed by atoms with van der Waals surface area (Å²) in [6, 6.07) is 13.2. The van der Waals surface area contributed by atoms with Gasteiger partial charge in [-0.25, -0.2) is 4.99 Å². The maximum Gasteiger partial charge on any atom is 0.149 e. The number of aromatic hydroxyl groups is 2. The molecule has 0 bridgehead atoms. The van der Waals surface area contributed by atoms with E-state index in [-0.39, 0.29) is 11.5 Å².